The number of hydrogen-bond donors (Lipinski definition) is 1. The summed E-state index contributed by atoms with van der Waals surface area (Å²) in [5.41, 5.74) is 2.40. The highest BCUT2D eigenvalue weighted by Crippen LogP contribution is 2.17. The molecule has 1 heterocycles. The topological polar surface area (TPSA) is 24.9 Å². The fraction of sp³-hybridized carbons (Fsp3) is 0.462. The van der Waals surface area contributed by atoms with Gasteiger partial charge in [0.2, 0.25) is 0 Å². The number of rotatable bonds is 6. The SMILES string of the molecule is C=CCCC(NCC)c1cc(C)ccn1. The Morgan fingerprint density at radius 3 is 3.00 bits per heavy atom. The van der Waals surface area contributed by atoms with Gasteiger partial charge in [0.15, 0.2) is 0 Å². The van der Waals surface area contributed by atoms with Crippen LogP contribution in [-0.2, 0) is 0 Å². The third-order valence-electron chi connectivity index (χ3n) is 2.40. The van der Waals surface area contributed by atoms with Gasteiger partial charge in [-0.05, 0) is 44.0 Å². The van der Waals surface area contributed by atoms with Crippen molar-refractivity contribution in [3.8, 4) is 0 Å². The Hall–Kier alpha value is -1.15. The van der Waals surface area contributed by atoms with Crippen molar-refractivity contribution in [2.45, 2.75) is 32.7 Å². The van der Waals surface area contributed by atoms with Gasteiger partial charge >= 0.3 is 0 Å². The molecule has 0 saturated carbocycles. The number of nitrogens with one attached hydrogen (secondary N) is 1. The molecule has 15 heavy (non-hydrogen) atoms. The van der Waals surface area contributed by atoms with Crippen molar-refractivity contribution in [3.05, 3.63) is 42.2 Å². The van der Waals surface area contributed by atoms with Crippen LogP contribution in [0.3, 0.4) is 0 Å². The Labute approximate surface area is 92.4 Å². The average Bonchev–Trinajstić information content (AvgIpc) is 2.24. The second kappa shape index (κ2) is 6.36. The molecule has 1 aromatic rings. The van der Waals surface area contributed by atoms with Crippen molar-refractivity contribution in [2.24, 2.45) is 0 Å². The molecule has 0 spiro atoms. The molecule has 1 N–H and O–H groups in total. The van der Waals surface area contributed by atoms with Crippen molar-refractivity contribution in [3.63, 3.8) is 0 Å². The van der Waals surface area contributed by atoms with E-state index in [-0.39, 0.29) is 0 Å². The minimum atomic E-state index is 0.355. The van der Waals surface area contributed by atoms with E-state index in [1.54, 1.807) is 0 Å². The molecule has 0 bridgehead atoms. The highest BCUT2D eigenvalue weighted by Gasteiger charge is 2.10. The van der Waals surface area contributed by atoms with Gasteiger partial charge in [0.25, 0.3) is 0 Å². The zero-order chi connectivity index (χ0) is 11.1. The molecular weight excluding hydrogens is 184 g/mol. The number of allylic oxidation sites excluding steroid dienone is 1. The van der Waals surface area contributed by atoms with Gasteiger partial charge in [-0.1, -0.05) is 13.0 Å². The second-order valence-electron chi connectivity index (χ2n) is 3.73. The van der Waals surface area contributed by atoms with Crippen LogP contribution < -0.4 is 5.32 Å². The molecule has 0 aliphatic rings. The Morgan fingerprint density at radius 1 is 1.60 bits per heavy atom. The summed E-state index contributed by atoms with van der Waals surface area (Å²) < 4.78 is 0. The first-order valence-electron chi connectivity index (χ1n) is 5.54. The van der Waals surface area contributed by atoms with Crippen molar-refractivity contribution in [1.29, 1.82) is 0 Å². The van der Waals surface area contributed by atoms with Crippen LogP contribution in [0.25, 0.3) is 0 Å². The van der Waals surface area contributed by atoms with Crippen LogP contribution in [0, 0.1) is 6.92 Å². The molecule has 0 fully saturated rings. The molecule has 0 aliphatic heterocycles. The van der Waals surface area contributed by atoms with Gasteiger partial charge in [0.05, 0.1) is 5.69 Å². The molecule has 1 unspecified atom stereocenters. The smallest absolute Gasteiger partial charge is 0.0575 e. The number of aryl methyl sites for hydroxylation is 1. The molecule has 0 amide bonds. The van der Waals surface area contributed by atoms with E-state index in [1.165, 1.54) is 5.56 Å². The summed E-state index contributed by atoms with van der Waals surface area (Å²) >= 11 is 0. The highest BCUT2D eigenvalue weighted by molar-refractivity contribution is 5.17. The van der Waals surface area contributed by atoms with E-state index in [9.17, 15) is 0 Å². The molecule has 1 atom stereocenters. The molecule has 1 aromatic heterocycles. The minimum absolute atomic E-state index is 0.355. The van der Waals surface area contributed by atoms with Gasteiger partial charge < -0.3 is 5.32 Å². The van der Waals surface area contributed by atoms with E-state index in [0.717, 1.165) is 25.1 Å². The average molecular weight is 204 g/mol. The Balaban J connectivity index is 2.73. The molecule has 2 heteroatoms. The summed E-state index contributed by atoms with van der Waals surface area (Å²) in [6, 6.07) is 4.53. The van der Waals surface area contributed by atoms with E-state index in [4.69, 9.17) is 0 Å². The van der Waals surface area contributed by atoms with Crippen molar-refractivity contribution < 1.29 is 0 Å². The lowest BCUT2D eigenvalue weighted by atomic mass is 10.1. The molecule has 82 valence electrons. The highest BCUT2D eigenvalue weighted by atomic mass is 14.9. The Morgan fingerprint density at radius 2 is 2.40 bits per heavy atom. The first-order valence-corrected chi connectivity index (χ1v) is 5.54. The molecule has 0 aliphatic carbocycles. The van der Waals surface area contributed by atoms with Crippen molar-refractivity contribution >= 4 is 0 Å². The van der Waals surface area contributed by atoms with Gasteiger partial charge in [-0.2, -0.15) is 0 Å². The van der Waals surface area contributed by atoms with Crippen molar-refractivity contribution in [1.82, 2.24) is 10.3 Å². The predicted octanol–water partition coefficient (Wildman–Crippen LogP) is 3.01. The number of aromatic nitrogens is 1. The lowest BCUT2D eigenvalue weighted by molar-refractivity contribution is 0.507. The zero-order valence-electron chi connectivity index (χ0n) is 9.66. The molecule has 1 rings (SSSR count). The summed E-state index contributed by atoms with van der Waals surface area (Å²) in [4.78, 5) is 4.41. The van der Waals surface area contributed by atoms with Crippen LogP contribution >= 0.6 is 0 Å². The first-order chi connectivity index (χ1) is 7.27. The maximum atomic E-state index is 4.41. The normalized spacial score (nSPS) is 12.4. The summed E-state index contributed by atoms with van der Waals surface area (Å²) in [5.74, 6) is 0. The van der Waals surface area contributed by atoms with Gasteiger partial charge in [-0.15, -0.1) is 6.58 Å². The fourth-order valence-electron chi connectivity index (χ4n) is 1.64. The monoisotopic (exact) mass is 204 g/mol. The minimum Gasteiger partial charge on any atom is -0.309 e. The molecule has 0 saturated heterocycles. The molecule has 0 aromatic carbocycles. The van der Waals surface area contributed by atoms with Crippen LogP contribution in [0.2, 0.25) is 0 Å². The third kappa shape index (κ3) is 3.84. The fourth-order valence-corrected chi connectivity index (χ4v) is 1.64. The Bertz CT molecular complexity index is 307. The molecule has 0 radical (unpaired) electrons. The number of nitrogens with zero attached hydrogens (tertiary/aromatic N) is 1. The van der Waals surface area contributed by atoms with Gasteiger partial charge in [-0.25, -0.2) is 0 Å². The second-order valence-corrected chi connectivity index (χ2v) is 3.73. The summed E-state index contributed by atoms with van der Waals surface area (Å²) in [5, 5.41) is 3.45. The summed E-state index contributed by atoms with van der Waals surface area (Å²) in [7, 11) is 0. The summed E-state index contributed by atoms with van der Waals surface area (Å²) in [6.07, 6.45) is 5.92. The van der Waals surface area contributed by atoms with Crippen molar-refractivity contribution in [2.75, 3.05) is 6.54 Å². The van der Waals surface area contributed by atoms with Crippen LogP contribution in [0.15, 0.2) is 31.0 Å². The van der Waals surface area contributed by atoms with Gasteiger partial charge in [0, 0.05) is 12.2 Å². The van der Waals surface area contributed by atoms with E-state index < -0.39 is 0 Å². The van der Waals surface area contributed by atoms with Crippen LogP contribution in [0.4, 0.5) is 0 Å². The number of pyridine rings is 1. The van der Waals surface area contributed by atoms with E-state index in [2.05, 4.69) is 36.8 Å². The Kier molecular flexibility index (Phi) is 5.05. The quantitative estimate of drug-likeness (QED) is 0.720. The largest absolute Gasteiger partial charge is 0.309 e. The van der Waals surface area contributed by atoms with E-state index >= 15 is 0 Å². The first kappa shape index (κ1) is 11.9. The zero-order valence-corrected chi connectivity index (χ0v) is 9.66. The van der Waals surface area contributed by atoms with Crippen LogP contribution in [-0.4, -0.2) is 11.5 Å². The van der Waals surface area contributed by atoms with E-state index in [0.29, 0.717) is 6.04 Å². The predicted molar refractivity (Wildman–Crippen MR) is 64.8 cm³/mol. The maximum absolute atomic E-state index is 4.41. The molecule has 2 nitrogen and oxygen atoms in total. The lowest BCUT2D eigenvalue weighted by Gasteiger charge is -2.16. The van der Waals surface area contributed by atoms with Crippen LogP contribution in [0.5, 0.6) is 0 Å². The standard InChI is InChI=1S/C13H20N2/c1-4-6-7-12(14-5-2)13-10-11(3)8-9-15-13/h4,8-10,12,14H,1,5-7H2,2-3H3. The maximum Gasteiger partial charge on any atom is 0.0575 e. The van der Waals surface area contributed by atoms with Gasteiger partial charge in [-0.3, -0.25) is 4.98 Å². The van der Waals surface area contributed by atoms with E-state index in [1.807, 2.05) is 18.3 Å². The number of hydrogen-bond acceptors (Lipinski definition) is 2. The van der Waals surface area contributed by atoms with Crippen LogP contribution in [0.1, 0.15) is 37.1 Å². The summed E-state index contributed by atoms with van der Waals surface area (Å²) in [6.45, 7) is 8.95. The molecular formula is C13H20N2. The third-order valence-corrected chi connectivity index (χ3v) is 2.40. The van der Waals surface area contributed by atoms with Gasteiger partial charge in [0.1, 0.15) is 0 Å². The lowest BCUT2D eigenvalue weighted by Crippen LogP contribution is -2.21.